The van der Waals surface area contributed by atoms with Gasteiger partial charge in [0.1, 0.15) is 4.99 Å². The molecule has 0 aromatic heterocycles. The number of thiocarbonyl (C=S) groups is 1. The van der Waals surface area contributed by atoms with Crippen LogP contribution in [0.5, 0.6) is 0 Å². The molecule has 0 amide bonds. The van der Waals surface area contributed by atoms with Crippen LogP contribution in [0.1, 0.15) is 38.2 Å². The van der Waals surface area contributed by atoms with Crippen molar-refractivity contribution in [2.75, 3.05) is 0 Å². The van der Waals surface area contributed by atoms with Gasteiger partial charge in [-0.25, -0.2) is 13.1 Å². The van der Waals surface area contributed by atoms with Crippen molar-refractivity contribution in [1.29, 1.82) is 0 Å². The quantitative estimate of drug-likeness (QED) is 0.804. The predicted octanol–water partition coefficient (Wildman–Crippen LogP) is 2.83. The molecule has 7 heteroatoms. The van der Waals surface area contributed by atoms with Gasteiger partial charge in [0, 0.05) is 11.6 Å². The first kappa shape index (κ1) is 16.7. The van der Waals surface area contributed by atoms with E-state index in [-0.39, 0.29) is 20.9 Å². The summed E-state index contributed by atoms with van der Waals surface area (Å²) in [6.45, 7) is 1.92. The summed E-state index contributed by atoms with van der Waals surface area (Å²) in [7, 11) is -3.58. The summed E-state index contributed by atoms with van der Waals surface area (Å²) in [6.07, 6.45) is 4.49. The van der Waals surface area contributed by atoms with E-state index in [0.717, 1.165) is 12.8 Å². The molecule has 0 aliphatic heterocycles. The number of nitrogens with one attached hydrogen (secondary N) is 1. The second-order valence-corrected chi connectivity index (χ2v) is 8.02. The zero-order valence-corrected chi connectivity index (χ0v) is 14.2. The van der Waals surface area contributed by atoms with E-state index in [9.17, 15) is 8.42 Å². The zero-order chi connectivity index (χ0) is 15.6. The minimum atomic E-state index is -3.58. The number of hydrogen-bond donors (Lipinski definition) is 2. The molecule has 0 radical (unpaired) electrons. The van der Waals surface area contributed by atoms with Gasteiger partial charge >= 0.3 is 0 Å². The predicted molar refractivity (Wildman–Crippen MR) is 89.1 cm³/mol. The van der Waals surface area contributed by atoms with Crippen LogP contribution in [0.3, 0.4) is 0 Å². The van der Waals surface area contributed by atoms with Gasteiger partial charge in [-0.1, -0.05) is 36.7 Å². The molecule has 0 heterocycles. The van der Waals surface area contributed by atoms with Crippen LogP contribution in [0.25, 0.3) is 0 Å². The van der Waals surface area contributed by atoms with Crippen LogP contribution in [0, 0.1) is 5.92 Å². The van der Waals surface area contributed by atoms with Crippen molar-refractivity contribution in [2.24, 2.45) is 11.7 Å². The van der Waals surface area contributed by atoms with E-state index in [2.05, 4.69) is 4.72 Å². The Morgan fingerprint density at radius 2 is 2.05 bits per heavy atom. The molecule has 1 atom stereocenters. The van der Waals surface area contributed by atoms with E-state index < -0.39 is 10.0 Å². The lowest BCUT2D eigenvalue weighted by atomic mass is 10.0. The van der Waals surface area contributed by atoms with Gasteiger partial charge in [0.2, 0.25) is 10.0 Å². The molecule has 1 aliphatic carbocycles. The smallest absolute Gasteiger partial charge is 0.240 e. The molecular formula is C14H19ClN2O2S2. The molecule has 1 aliphatic rings. The second kappa shape index (κ2) is 6.60. The number of hydrogen-bond acceptors (Lipinski definition) is 3. The third kappa shape index (κ3) is 3.94. The Bertz CT molecular complexity index is 640. The molecule has 1 aromatic carbocycles. The fraction of sp³-hybridized carbons (Fsp3) is 0.500. The van der Waals surface area contributed by atoms with Gasteiger partial charge in [0.05, 0.1) is 9.92 Å². The second-order valence-electron chi connectivity index (χ2n) is 5.46. The highest BCUT2D eigenvalue weighted by molar-refractivity contribution is 7.89. The molecule has 116 valence electrons. The first-order chi connectivity index (χ1) is 9.81. The summed E-state index contributed by atoms with van der Waals surface area (Å²) in [4.78, 5) is 0.286. The molecule has 1 unspecified atom stereocenters. The van der Waals surface area contributed by atoms with Crippen molar-refractivity contribution in [3.05, 3.63) is 28.8 Å². The fourth-order valence-electron chi connectivity index (χ4n) is 2.73. The lowest BCUT2D eigenvalue weighted by Gasteiger charge is -2.20. The van der Waals surface area contributed by atoms with E-state index in [1.165, 1.54) is 25.0 Å². The molecular weight excluding hydrogens is 328 g/mol. The van der Waals surface area contributed by atoms with Crippen molar-refractivity contribution < 1.29 is 8.42 Å². The summed E-state index contributed by atoms with van der Waals surface area (Å²) in [5, 5.41) is 0.249. The van der Waals surface area contributed by atoms with Crippen molar-refractivity contribution in [3.8, 4) is 0 Å². The maximum absolute atomic E-state index is 12.4. The van der Waals surface area contributed by atoms with Gasteiger partial charge in [0.25, 0.3) is 0 Å². The molecule has 0 spiro atoms. The van der Waals surface area contributed by atoms with Gasteiger partial charge in [-0.05, 0) is 43.9 Å². The Kier molecular flexibility index (Phi) is 5.24. The van der Waals surface area contributed by atoms with Crippen LogP contribution in [-0.4, -0.2) is 19.4 Å². The van der Waals surface area contributed by atoms with Crippen LogP contribution < -0.4 is 10.5 Å². The lowest BCUT2D eigenvalue weighted by molar-refractivity contribution is 0.424. The molecule has 0 bridgehead atoms. The summed E-state index contributed by atoms with van der Waals surface area (Å²) in [5.74, 6) is 0.408. The van der Waals surface area contributed by atoms with Gasteiger partial charge in [-0.2, -0.15) is 0 Å². The number of sulfonamides is 1. The Hall–Kier alpha value is -0.690. The number of benzene rings is 1. The summed E-state index contributed by atoms with van der Waals surface area (Å²) >= 11 is 10.9. The normalized spacial score (nSPS) is 17.8. The van der Waals surface area contributed by atoms with Crippen LogP contribution in [0.2, 0.25) is 5.02 Å². The fourth-order valence-corrected chi connectivity index (χ4v) is 4.65. The number of rotatable bonds is 5. The molecule has 1 aromatic rings. The standard InChI is InChI=1S/C14H19ClN2O2S2/c1-9(10-4-2-3-5-10)17-21(18,19)11-6-7-12(14(16)20)13(15)8-11/h6-10,17H,2-5H2,1H3,(H2,16,20). The topological polar surface area (TPSA) is 72.2 Å². The number of halogens is 1. The Labute approximate surface area is 136 Å². The highest BCUT2D eigenvalue weighted by Crippen LogP contribution is 2.28. The van der Waals surface area contributed by atoms with Crippen LogP contribution >= 0.6 is 23.8 Å². The van der Waals surface area contributed by atoms with Gasteiger partial charge in [-0.15, -0.1) is 0 Å². The summed E-state index contributed by atoms with van der Waals surface area (Å²) in [6, 6.07) is 4.33. The summed E-state index contributed by atoms with van der Waals surface area (Å²) in [5.41, 5.74) is 6.00. The molecule has 1 fully saturated rings. The van der Waals surface area contributed by atoms with E-state index in [0.29, 0.717) is 11.5 Å². The van der Waals surface area contributed by atoms with Crippen molar-refractivity contribution >= 4 is 38.8 Å². The molecule has 2 rings (SSSR count). The maximum atomic E-state index is 12.4. The third-order valence-corrected chi connectivity index (χ3v) is 6.05. The average Bonchev–Trinajstić information content (AvgIpc) is 2.91. The largest absolute Gasteiger partial charge is 0.389 e. The lowest BCUT2D eigenvalue weighted by Crippen LogP contribution is -2.37. The van der Waals surface area contributed by atoms with E-state index >= 15 is 0 Å². The Balaban J connectivity index is 2.19. The molecule has 1 saturated carbocycles. The zero-order valence-electron chi connectivity index (χ0n) is 11.8. The highest BCUT2D eigenvalue weighted by atomic mass is 35.5. The van der Waals surface area contributed by atoms with Crippen LogP contribution in [0.15, 0.2) is 23.1 Å². The first-order valence-corrected chi connectivity index (χ1v) is 9.20. The highest BCUT2D eigenvalue weighted by Gasteiger charge is 2.26. The SMILES string of the molecule is CC(NS(=O)(=O)c1ccc(C(N)=S)c(Cl)c1)C1CCCC1. The number of nitrogens with two attached hydrogens (primary N) is 1. The Morgan fingerprint density at radius 3 is 2.57 bits per heavy atom. The molecule has 3 N–H and O–H groups in total. The van der Waals surface area contributed by atoms with Crippen molar-refractivity contribution in [3.63, 3.8) is 0 Å². The van der Waals surface area contributed by atoms with E-state index in [1.807, 2.05) is 6.92 Å². The molecule has 4 nitrogen and oxygen atoms in total. The van der Waals surface area contributed by atoms with E-state index in [4.69, 9.17) is 29.6 Å². The average molecular weight is 347 g/mol. The first-order valence-electron chi connectivity index (χ1n) is 6.93. The monoisotopic (exact) mass is 346 g/mol. The van der Waals surface area contributed by atoms with Crippen molar-refractivity contribution in [2.45, 2.75) is 43.5 Å². The maximum Gasteiger partial charge on any atom is 0.240 e. The minimum absolute atomic E-state index is 0.0773. The minimum Gasteiger partial charge on any atom is -0.389 e. The van der Waals surface area contributed by atoms with Crippen LogP contribution in [0.4, 0.5) is 0 Å². The van der Waals surface area contributed by atoms with Crippen molar-refractivity contribution in [1.82, 2.24) is 4.72 Å². The van der Waals surface area contributed by atoms with Gasteiger partial charge < -0.3 is 5.73 Å². The molecule has 21 heavy (non-hydrogen) atoms. The third-order valence-electron chi connectivity index (χ3n) is 3.96. The van der Waals surface area contributed by atoms with E-state index in [1.54, 1.807) is 6.07 Å². The van der Waals surface area contributed by atoms with Crippen LogP contribution in [-0.2, 0) is 10.0 Å². The van der Waals surface area contributed by atoms with Gasteiger partial charge in [0.15, 0.2) is 0 Å². The summed E-state index contributed by atoms with van der Waals surface area (Å²) < 4.78 is 27.5. The molecule has 0 saturated heterocycles. The Morgan fingerprint density at radius 1 is 1.43 bits per heavy atom. The van der Waals surface area contributed by atoms with Gasteiger partial charge in [-0.3, -0.25) is 0 Å².